The molecule has 1 aliphatic heterocycles. The van der Waals surface area contributed by atoms with E-state index in [1.807, 2.05) is 29.9 Å². The van der Waals surface area contributed by atoms with Crippen LogP contribution >= 0.6 is 11.3 Å². The van der Waals surface area contributed by atoms with E-state index in [-0.39, 0.29) is 5.91 Å². The van der Waals surface area contributed by atoms with Gasteiger partial charge in [0.1, 0.15) is 11.5 Å². The molecule has 3 aromatic heterocycles. The third kappa shape index (κ3) is 6.20. The second kappa shape index (κ2) is 10.0. The fourth-order valence-electron chi connectivity index (χ4n) is 3.16. The van der Waals surface area contributed by atoms with Gasteiger partial charge in [0.05, 0.1) is 18.8 Å². The van der Waals surface area contributed by atoms with E-state index < -0.39 is 12.1 Å². The van der Waals surface area contributed by atoms with Crippen molar-refractivity contribution in [3.63, 3.8) is 0 Å². The zero-order valence-electron chi connectivity index (χ0n) is 17.2. The smallest absolute Gasteiger partial charge is 0.475 e. The maximum absolute atomic E-state index is 12.2. The van der Waals surface area contributed by atoms with E-state index in [0.29, 0.717) is 12.2 Å². The van der Waals surface area contributed by atoms with E-state index in [1.54, 1.807) is 11.3 Å². The molecule has 0 saturated heterocycles. The number of fused-ring (bicyclic) bond motifs is 1. The zero-order valence-corrected chi connectivity index (χ0v) is 18.0. The molecule has 1 amide bonds. The number of hydrogen-bond acceptors (Lipinski definition) is 5. The highest BCUT2D eigenvalue weighted by Gasteiger charge is 2.38. The summed E-state index contributed by atoms with van der Waals surface area (Å²) in [5.41, 5.74) is 1.57. The Morgan fingerprint density at radius 1 is 1.25 bits per heavy atom. The van der Waals surface area contributed by atoms with Crippen molar-refractivity contribution < 1.29 is 27.9 Å². The van der Waals surface area contributed by atoms with Crippen LogP contribution in [0.1, 0.15) is 26.9 Å². The van der Waals surface area contributed by atoms with Crippen LogP contribution in [0.4, 0.5) is 13.2 Å². The summed E-state index contributed by atoms with van der Waals surface area (Å²) < 4.78 is 35.8. The lowest BCUT2D eigenvalue weighted by atomic mass is 10.3. The average molecular weight is 469 g/mol. The Hall–Kier alpha value is -3.12. The second-order valence-corrected chi connectivity index (χ2v) is 8.15. The molecule has 8 nitrogen and oxygen atoms in total. The van der Waals surface area contributed by atoms with Crippen molar-refractivity contribution in [1.82, 2.24) is 24.3 Å². The van der Waals surface area contributed by atoms with Gasteiger partial charge in [-0.3, -0.25) is 9.69 Å². The lowest BCUT2D eigenvalue weighted by Gasteiger charge is -2.26. The van der Waals surface area contributed by atoms with Gasteiger partial charge in [0.25, 0.3) is 5.91 Å². The number of carbonyl (C=O) groups is 2. The molecule has 0 spiro atoms. The molecule has 0 radical (unpaired) electrons. The van der Waals surface area contributed by atoms with Crippen LogP contribution in [0.25, 0.3) is 0 Å². The normalized spacial score (nSPS) is 13.8. The molecule has 0 unspecified atom stereocenters. The van der Waals surface area contributed by atoms with Crippen molar-refractivity contribution in [3.05, 3.63) is 64.1 Å². The minimum atomic E-state index is -5.08. The first-order valence-electron chi connectivity index (χ1n) is 9.63. The molecule has 0 bridgehead atoms. The van der Waals surface area contributed by atoms with Crippen molar-refractivity contribution in [2.24, 2.45) is 7.05 Å². The molecule has 4 heterocycles. The van der Waals surface area contributed by atoms with Crippen LogP contribution in [0.2, 0.25) is 0 Å². The fraction of sp³-hybridized carbons (Fsp3) is 0.350. The molecule has 1 aliphatic rings. The predicted molar refractivity (Wildman–Crippen MR) is 111 cm³/mol. The lowest BCUT2D eigenvalue weighted by Crippen LogP contribution is -2.32. The average Bonchev–Trinajstić information content (AvgIpc) is 3.46. The van der Waals surface area contributed by atoms with Gasteiger partial charge in [-0.1, -0.05) is 6.07 Å². The minimum Gasteiger partial charge on any atom is -0.475 e. The van der Waals surface area contributed by atoms with Crippen LogP contribution in [0.15, 0.2) is 42.0 Å². The van der Waals surface area contributed by atoms with Crippen molar-refractivity contribution >= 4 is 23.2 Å². The molecule has 3 aromatic rings. The molecule has 0 aromatic carbocycles. The van der Waals surface area contributed by atoms with Gasteiger partial charge in [0, 0.05) is 44.0 Å². The number of aryl methyl sites for hydroxylation is 1. The van der Waals surface area contributed by atoms with E-state index in [4.69, 9.17) is 14.9 Å². The summed E-state index contributed by atoms with van der Waals surface area (Å²) in [6, 6.07) is 7.96. The number of carboxylic acid groups (broad SMARTS) is 1. The van der Waals surface area contributed by atoms with Crippen LogP contribution < -0.4 is 5.32 Å². The molecular formula is C20H22F3N5O3S. The van der Waals surface area contributed by atoms with Crippen molar-refractivity contribution in [2.45, 2.75) is 32.4 Å². The standard InChI is InChI=1S/C18H21N5OS.C2HF3O2/c1-21-6-2-5-16(21)18(24)19-10-14-11-23-8-7-22(13-17(23)20-14)12-15-4-3-9-25-15;3-2(4,5)1(6)7/h2-6,9,11H,7-8,10,12-13H2,1H3,(H,19,24);(H,6,7). The van der Waals surface area contributed by atoms with Gasteiger partial charge < -0.3 is 19.6 Å². The number of halogens is 3. The molecule has 32 heavy (non-hydrogen) atoms. The maximum atomic E-state index is 12.2. The molecular weight excluding hydrogens is 447 g/mol. The first-order chi connectivity index (χ1) is 15.1. The minimum absolute atomic E-state index is 0.0715. The van der Waals surface area contributed by atoms with Gasteiger partial charge in [0.15, 0.2) is 0 Å². The van der Waals surface area contributed by atoms with E-state index in [2.05, 4.69) is 38.5 Å². The number of aliphatic carboxylic acids is 1. The van der Waals surface area contributed by atoms with Crippen LogP contribution in [0.5, 0.6) is 0 Å². The van der Waals surface area contributed by atoms with Gasteiger partial charge >= 0.3 is 12.1 Å². The number of imidazole rings is 1. The van der Waals surface area contributed by atoms with Gasteiger partial charge in [0.2, 0.25) is 0 Å². The fourth-order valence-corrected chi connectivity index (χ4v) is 3.91. The third-order valence-corrected chi connectivity index (χ3v) is 5.60. The maximum Gasteiger partial charge on any atom is 0.490 e. The molecule has 12 heteroatoms. The number of nitrogens with one attached hydrogen (secondary N) is 1. The molecule has 0 aliphatic carbocycles. The van der Waals surface area contributed by atoms with E-state index >= 15 is 0 Å². The number of alkyl halides is 3. The third-order valence-electron chi connectivity index (χ3n) is 4.74. The molecule has 0 fully saturated rings. The summed E-state index contributed by atoms with van der Waals surface area (Å²) in [6.07, 6.45) is -1.16. The number of carboxylic acids is 1. The van der Waals surface area contributed by atoms with Gasteiger partial charge in [-0.2, -0.15) is 13.2 Å². The number of rotatable bonds is 5. The SMILES string of the molecule is Cn1cccc1C(=O)NCc1cn2c(n1)CN(Cc1cccs1)CC2.O=C(O)C(F)(F)F. The summed E-state index contributed by atoms with van der Waals surface area (Å²) in [6.45, 7) is 4.25. The summed E-state index contributed by atoms with van der Waals surface area (Å²) in [4.78, 5) is 29.6. The molecule has 172 valence electrons. The molecule has 4 rings (SSSR count). The van der Waals surface area contributed by atoms with E-state index in [0.717, 1.165) is 37.7 Å². The predicted octanol–water partition coefficient (Wildman–Crippen LogP) is 2.86. The number of carbonyl (C=O) groups excluding carboxylic acids is 1. The van der Waals surface area contributed by atoms with Gasteiger partial charge in [-0.25, -0.2) is 9.78 Å². The number of aromatic nitrogens is 3. The number of amides is 1. The summed E-state index contributed by atoms with van der Waals surface area (Å²) in [7, 11) is 1.87. The van der Waals surface area contributed by atoms with Crippen LogP contribution in [-0.2, 0) is 38.0 Å². The highest BCUT2D eigenvalue weighted by Crippen LogP contribution is 2.18. The first kappa shape index (κ1) is 23.5. The van der Waals surface area contributed by atoms with Gasteiger partial charge in [-0.05, 0) is 23.6 Å². The quantitative estimate of drug-likeness (QED) is 0.600. The van der Waals surface area contributed by atoms with Crippen molar-refractivity contribution in [1.29, 1.82) is 0 Å². The summed E-state index contributed by atoms with van der Waals surface area (Å²) in [5.74, 6) is -1.75. The van der Waals surface area contributed by atoms with E-state index in [9.17, 15) is 18.0 Å². The summed E-state index contributed by atoms with van der Waals surface area (Å²) in [5, 5.41) is 12.2. The molecule has 2 N–H and O–H groups in total. The second-order valence-electron chi connectivity index (χ2n) is 7.12. The Kier molecular flexibility index (Phi) is 7.36. The molecule has 0 saturated carbocycles. The Labute approximate surface area is 185 Å². The monoisotopic (exact) mass is 469 g/mol. The van der Waals surface area contributed by atoms with Crippen molar-refractivity contribution in [2.75, 3.05) is 6.54 Å². The van der Waals surface area contributed by atoms with Crippen LogP contribution in [-0.4, -0.2) is 48.7 Å². The van der Waals surface area contributed by atoms with Crippen molar-refractivity contribution in [3.8, 4) is 0 Å². The number of nitrogens with zero attached hydrogens (tertiary/aromatic N) is 4. The zero-order chi connectivity index (χ0) is 23.3. The van der Waals surface area contributed by atoms with E-state index in [1.165, 1.54) is 4.88 Å². The van der Waals surface area contributed by atoms with Crippen LogP contribution in [0.3, 0.4) is 0 Å². The number of hydrogen-bond donors (Lipinski definition) is 2. The Morgan fingerprint density at radius 2 is 2.00 bits per heavy atom. The highest BCUT2D eigenvalue weighted by atomic mass is 32.1. The number of thiophene rings is 1. The highest BCUT2D eigenvalue weighted by molar-refractivity contribution is 7.09. The van der Waals surface area contributed by atoms with Gasteiger partial charge in [-0.15, -0.1) is 11.3 Å². The Morgan fingerprint density at radius 3 is 2.59 bits per heavy atom. The lowest BCUT2D eigenvalue weighted by molar-refractivity contribution is -0.192. The topological polar surface area (TPSA) is 92.4 Å². The summed E-state index contributed by atoms with van der Waals surface area (Å²) >= 11 is 1.80. The first-order valence-corrected chi connectivity index (χ1v) is 10.5. The largest absolute Gasteiger partial charge is 0.490 e. The Balaban J connectivity index is 0.000000360. The molecule has 0 atom stereocenters. The Bertz CT molecular complexity index is 1060. The van der Waals surface area contributed by atoms with Crippen LogP contribution in [0, 0.1) is 0 Å².